The summed E-state index contributed by atoms with van der Waals surface area (Å²) in [5.74, 6) is 0.317. The van der Waals surface area contributed by atoms with Crippen LogP contribution in [-0.4, -0.2) is 35.1 Å². The molecule has 1 atom stereocenters. The number of hydrogen-bond acceptors (Lipinski definition) is 2. The van der Waals surface area contributed by atoms with E-state index >= 15 is 0 Å². The summed E-state index contributed by atoms with van der Waals surface area (Å²) in [5, 5.41) is 8.79. The number of likely N-dealkylation sites (tertiary alicyclic amines) is 1. The largest absolute Gasteiger partial charge is 0.396 e. The fraction of sp³-hybridized carbons (Fsp3) is 0.917. The number of carbonyl (C=O) groups is 1. The molecule has 1 saturated heterocycles. The third-order valence-electron chi connectivity index (χ3n) is 3.14. The van der Waals surface area contributed by atoms with E-state index in [0.29, 0.717) is 18.4 Å². The van der Waals surface area contributed by atoms with Crippen LogP contribution in [0.5, 0.6) is 0 Å². The molecule has 1 fully saturated rings. The lowest BCUT2D eigenvalue weighted by Gasteiger charge is -2.24. The first-order valence-corrected chi connectivity index (χ1v) is 6.20. The van der Waals surface area contributed by atoms with Gasteiger partial charge in [0.25, 0.3) is 0 Å². The summed E-state index contributed by atoms with van der Waals surface area (Å²) in [6.07, 6.45) is 6.83. The van der Waals surface area contributed by atoms with Crippen molar-refractivity contribution in [2.45, 2.75) is 57.9 Å². The van der Waals surface area contributed by atoms with Gasteiger partial charge in [-0.2, -0.15) is 0 Å². The molecule has 15 heavy (non-hydrogen) atoms. The Morgan fingerprint density at radius 3 is 2.93 bits per heavy atom. The summed E-state index contributed by atoms with van der Waals surface area (Å²) in [6.45, 7) is 3.28. The van der Waals surface area contributed by atoms with E-state index < -0.39 is 0 Å². The lowest BCUT2D eigenvalue weighted by Crippen LogP contribution is -2.35. The van der Waals surface area contributed by atoms with Gasteiger partial charge >= 0.3 is 0 Å². The zero-order chi connectivity index (χ0) is 11.1. The molecular weight excluding hydrogens is 190 g/mol. The summed E-state index contributed by atoms with van der Waals surface area (Å²) >= 11 is 0. The number of hydrogen-bond donors (Lipinski definition) is 1. The van der Waals surface area contributed by atoms with E-state index in [1.165, 1.54) is 0 Å². The van der Waals surface area contributed by atoms with Gasteiger partial charge in [-0.15, -0.1) is 0 Å². The van der Waals surface area contributed by atoms with Crippen LogP contribution in [0.4, 0.5) is 0 Å². The molecule has 1 heterocycles. The fourth-order valence-electron chi connectivity index (χ4n) is 2.26. The average molecular weight is 213 g/mol. The molecule has 0 radical (unpaired) electrons. The van der Waals surface area contributed by atoms with Gasteiger partial charge in [0.15, 0.2) is 0 Å². The smallest absolute Gasteiger partial charge is 0.222 e. The standard InChI is InChI=1S/C12H23NO2/c1-2-3-8-12(15)13-9-4-6-11(13)7-5-10-14/h11,14H,2-10H2,1H3. The highest BCUT2D eigenvalue weighted by molar-refractivity contribution is 5.76. The number of aliphatic hydroxyl groups is 1. The molecule has 0 saturated carbocycles. The van der Waals surface area contributed by atoms with Gasteiger partial charge in [0.1, 0.15) is 0 Å². The van der Waals surface area contributed by atoms with Crippen LogP contribution in [0.2, 0.25) is 0 Å². The van der Waals surface area contributed by atoms with E-state index in [9.17, 15) is 4.79 Å². The predicted octanol–water partition coefficient (Wildman–Crippen LogP) is 1.94. The van der Waals surface area contributed by atoms with Crippen LogP contribution in [0.1, 0.15) is 51.9 Å². The minimum atomic E-state index is 0.244. The van der Waals surface area contributed by atoms with Crippen LogP contribution >= 0.6 is 0 Å². The first-order chi connectivity index (χ1) is 7.29. The van der Waals surface area contributed by atoms with Crippen molar-refractivity contribution in [2.24, 2.45) is 0 Å². The zero-order valence-electron chi connectivity index (χ0n) is 9.74. The van der Waals surface area contributed by atoms with Gasteiger partial charge in [-0.1, -0.05) is 13.3 Å². The summed E-state index contributed by atoms with van der Waals surface area (Å²) in [4.78, 5) is 13.9. The molecule has 0 aliphatic carbocycles. The van der Waals surface area contributed by atoms with Crippen molar-refractivity contribution in [3.63, 3.8) is 0 Å². The number of rotatable bonds is 6. The molecule has 1 amide bonds. The van der Waals surface area contributed by atoms with Crippen LogP contribution in [-0.2, 0) is 4.79 Å². The molecule has 0 bridgehead atoms. The summed E-state index contributed by atoms with van der Waals surface area (Å²) in [7, 11) is 0. The minimum absolute atomic E-state index is 0.244. The van der Waals surface area contributed by atoms with Gasteiger partial charge in [0.2, 0.25) is 5.91 Å². The van der Waals surface area contributed by atoms with Crippen molar-refractivity contribution in [3.05, 3.63) is 0 Å². The van der Waals surface area contributed by atoms with E-state index in [2.05, 4.69) is 6.92 Å². The number of nitrogens with zero attached hydrogens (tertiary/aromatic N) is 1. The molecule has 1 rings (SSSR count). The van der Waals surface area contributed by atoms with Crippen molar-refractivity contribution in [3.8, 4) is 0 Å². The van der Waals surface area contributed by atoms with Crippen LogP contribution < -0.4 is 0 Å². The number of amides is 1. The molecule has 0 spiro atoms. The van der Waals surface area contributed by atoms with Gasteiger partial charge in [-0.3, -0.25) is 4.79 Å². The SMILES string of the molecule is CCCCC(=O)N1CCCC1CCCO. The molecule has 3 heteroatoms. The Morgan fingerprint density at radius 2 is 2.27 bits per heavy atom. The molecule has 0 aromatic heterocycles. The van der Waals surface area contributed by atoms with Crippen LogP contribution in [0.3, 0.4) is 0 Å². The van der Waals surface area contributed by atoms with E-state index in [1.54, 1.807) is 0 Å². The fourth-order valence-corrected chi connectivity index (χ4v) is 2.26. The number of unbranched alkanes of at least 4 members (excludes halogenated alkanes) is 1. The third-order valence-corrected chi connectivity index (χ3v) is 3.14. The van der Waals surface area contributed by atoms with Crippen LogP contribution in [0, 0.1) is 0 Å². The van der Waals surface area contributed by atoms with Crippen LogP contribution in [0.15, 0.2) is 0 Å². The Labute approximate surface area is 92.5 Å². The molecule has 1 aliphatic heterocycles. The van der Waals surface area contributed by atoms with Crippen molar-refractivity contribution in [2.75, 3.05) is 13.2 Å². The lowest BCUT2D eigenvalue weighted by molar-refractivity contribution is -0.132. The maximum absolute atomic E-state index is 11.8. The van der Waals surface area contributed by atoms with Gasteiger partial charge in [-0.25, -0.2) is 0 Å². The van der Waals surface area contributed by atoms with Crippen molar-refractivity contribution < 1.29 is 9.90 Å². The Balaban J connectivity index is 2.34. The van der Waals surface area contributed by atoms with Crippen molar-refractivity contribution >= 4 is 5.91 Å². The molecule has 0 aromatic carbocycles. The van der Waals surface area contributed by atoms with E-state index in [-0.39, 0.29) is 6.61 Å². The van der Waals surface area contributed by atoms with Gasteiger partial charge in [0, 0.05) is 25.6 Å². The normalized spacial score (nSPS) is 20.9. The molecule has 88 valence electrons. The summed E-state index contributed by atoms with van der Waals surface area (Å²) in [6, 6.07) is 0.404. The first kappa shape index (κ1) is 12.5. The molecular formula is C12H23NO2. The predicted molar refractivity (Wildman–Crippen MR) is 60.6 cm³/mol. The maximum atomic E-state index is 11.8. The highest BCUT2D eigenvalue weighted by Crippen LogP contribution is 2.22. The molecule has 1 aliphatic rings. The Kier molecular flexibility index (Phi) is 5.69. The van der Waals surface area contributed by atoms with E-state index in [4.69, 9.17) is 5.11 Å². The highest BCUT2D eigenvalue weighted by atomic mass is 16.3. The Bertz CT molecular complexity index is 194. The van der Waals surface area contributed by atoms with Gasteiger partial charge in [0.05, 0.1) is 0 Å². The maximum Gasteiger partial charge on any atom is 0.222 e. The van der Waals surface area contributed by atoms with E-state index in [1.807, 2.05) is 4.90 Å². The summed E-state index contributed by atoms with van der Waals surface area (Å²) < 4.78 is 0. The van der Waals surface area contributed by atoms with E-state index in [0.717, 1.165) is 45.1 Å². The molecule has 1 N–H and O–H groups in total. The number of aliphatic hydroxyl groups excluding tert-OH is 1. The lowest BCUT2D eigenvalue weighted by atomic mass is 10.1. The highest BCUT2D eigenvalue weighted by Gasteiger charge is 2.27. The quantitative estimate of drug-likeness (QED) is 0.732. The molecule has 1 unspecified atom stereocenters. The van der Waals surface area contributed by atoms with Gasteiger partial charge in [-0.05, 0) is 32.1 Å². The van der Waals surface area contributed by atoms with Crippen molar-refractivity contribution in [1.29, 1.82) is 0 Å². The van der Waals surface area contributed by atoms with Crippen LogP contribution in [0.25, 0.3) is 0 Å². The minimum Gasteiger partial charge on any atom is -0.396 e. The van der Waals surface area contributed by atoms with Gasteiger partial charge < -0.3 is 10.0 Å². The number of carbonyl (C=O) groups excluding carboxylic acids is 1. The Hall–Kier alpha value is -0.570. The average Bonchev–Trinajstić information content (AvgIpc) is 2.71. The third kappa shape index (κ3) is 3.82. The molecule has 3 nitrogen and oxygen atoms in total. The monoisotopic (exact) mass is 213 g/mol. The first-order valence-electron chi connectivity index (χ1n) is 6.20. The second-order valence-corrected chi connectivity index (χ2v) is 4.35. The van der Waals surface area contributed by atoms with Crippen molar-refractivity contribution in [1.82, 2.24) is 4.90 Å². The Morgan fingerprint density at radius 1 is 1.47 bits per heavy atom. The summed E-state index contributed by atoms with van der Waals surface area (Å²) in [5.41, 5.74) is 0. The second kappa shape index (κ2) is 6.83. The zero-order valence-corrected chi connectivity index (χ0v) is 9.74. The molecule has 0 aromatic rings. The topological polar surface area (TPSA) is 40.5 Å². The second-order valence-electron chi connectivity index (χ2n) is 4.35.